The van der Waals surface area contributed by atoms with Gasteiger partial charge >= 0.3 is 0 Å². The molecular weight excluding hydrogens is 609 g/mol. The number of hydrogen-bond donors (Lipinski definition) is 2. The maximum Gasteiger partial charge on any atom is 0.272 e. The molecule has 6 rings (SSSR count). The zero-order valence-electron chi connectivity index (χ0n) is 27.9. The number of halogens is 1. The van der Waals surface area contributed by atoms with Crippen LogP contribution in [0, 0.1) is 12.7 Å². The number of carbonyl (C=O) groups is 2. The van der Waals surface area contributed by atoms with Crippen molar-refractivity contribution in [2.45, 2.75) is 51.1 Å². The zero-order valence-corrected chi connectivity index (χ0v) is 27.9. The number of nitrogens with zero attached hydrogens (tertiary/aromatic N) is 5. The Morgan fingerprint density at radius 2 is 1.56 bits per heavy atom. The molecule has 252 valence electrons. The SMILES string of the molecule is Cc1cc(C(=O)N[C@H]2CC[C@@H](NC(=O)c3cc(F)cnc3Oc3cccc(-c4ccc(CCN5CCN(C)CC5)cc4)c3)CC2)nn1C. The number of hydrogen-bond acceptors (Lipinski definition) is 7. The minimum Gasteiger partial charge on any atom is -0.438 e. The van der Waals surface area contributed by atoms with Crippen LogP contribution in [0.5, 0.6) is 11.6 Å². The Hall–Kier alpha value is -4.61. The molecule has 48 heavy (non-hydrogen) atoms. The molecule has 0 unspecified atom stereocenters. The predicted octanol–water partition coefficient (Wildman–Crippen LogP) is 4.98. The topological polar surface area (TPSA) is 105 Å². The molecular formula is C37H44FN7O3. The molecule has 1 saturated heterocycles. The van der Waals surface area contributed by atoms with E-state index in [1.807, 2.05) is 25.1 Å². The number of piperazine rings is 1. The number of amides is 2. The van der Waals surface area contributed by atoms with Crippen LogP contribution in [0.2, 0.25) is 0 Å². The molecule has 2 fully saturated rings. The lowest BCUT2D eigenvalue weighted by Gasteiger charge is -2.32. The smallest absolute Gasteiger partial charge is 0.272 e. The number of carbonyl (C=O) groups excluding carboxylic acids is 2. The summed E-state index contributed by atoms with van der Waals surface area (Å²) in [5.41, 5.74) is 4.66. The van der Waals surface area contributed by atoms with Crippen LogP contribution < -0.4 is 15.4 Å². The fourth-order valence-electron chi connectivity index (χ4n) is 6.32. The van der Waals surface area contributed by atoms with Crippen molar-refractivity contribution in [3.8, 4) is 22.8 Å². The van der Waals surface area contributed by atoms with Crippen LogP contribution in [0.1, 0.15) is 57.8 Å². The van der Waals surface area contributed by atoms with Gasteiger partial charge in [0.15, 0.2) is 0 Å². The molecule has 4 aromatic rings. The third-order valence-corrected chi connectivity index (χ3v) is 9.45. The summed E-state index contributed by atoms with van der Waals surface area (Å²) < 4.78 is 22.1. The first-order chi connectivity index (χ1) is 23.2. The summed E-state index contributed by atoms with van der Waals surface area (Å²) in [6.45, 7) is 7.42. The van der Waals surface area contributed by atoms with Gasteiger partial charge in [0.05, 0.1) is 6.20 Å². The molecule has 1 aliphatic carbocycles. The van der Waals surface area contributed by atoms with Gasteiger partial charge in [-0.2, -0.15) is 5.10 Å². The van der Waals surface area contributed by atoms with E-state index >= 15 is 0 Å². The predicted molar refractivity (Wildman–Crippen MR) is 183 cm³/mol. The van der Waals surface area contributed by atoms with Gasteiger partial charge in [-0.3, -0.25) is 14.3 Å². The summed E-state index contributed by atoms with van der Waals surface area (Å²) in [5.74, 6) is -0.727. The number of aryl methyl sites for hydroxylation is 2. The molecule has 1 saturated carbocycles. The van der Waals surface area contributed by atoms with E-state index in [0.717, 1.165) is 68.2 Å². The molecule has 2 N–H and O–H groups in total. The molecule has 0 atom stereocenters. The first-order valence-corrected chi connectivity index (χ1v) is 16.8. The van der Waals surface area contributed by atoms with E-state index in [0.29, 0.717) is 37.1 Å². The largest absolute Gasteiger partial charge is 0.438 e. The normalized spacial score (nSPS) is 18.8. The highest BCUT2D eigenvalue weighted by atomic mass is 19.1. The van der Waals surface area contributed by atoms with Crippen LogP contribution in [-0.4, -0.2) is 88.2 Å². The number of benzene rings is 2. The van der Waals surface area contributed by atoms with Crippen molar-refractivity contribution in [1.29, 1.82) is 0 Å². The van der Waals surface area contributed by atoms with Gasteiger partial charge in [-0.25, -0.2) is 9.37 Å². The van der Waals surface area contributed by atoms with Crippen LogP contribution in [0.3, 0.4) is 0 Å². The van der Waals surface area contributed by atoms with Crippen molar-refractivity contribution in [1.82, 2.24) is 35.2 Å². The Kier molecular flexibility index (Phi) is 10.5. The van der Waals surface area contributed by atoms with Gasteiger partial charge in [0.25, 0.3) is 11.8 Å². The molecule has 11 heteroatoms. The van der Waals surface area contributed by atoms with Gasteiger partial charge in [0, 0.05) is 57.5 Å². The van der Waals surface area contributed by atoms with Crippen molar-refractivity contribution in [2.24, 2.45) is 7.05 Å². The number of rotatable bonds is 10. The summed E-state index contributed by atoms with van der Waals surface area (Å²) in [5, 5.41) is 10.3. The first kappa shape index (κ1) is 33.3. The molecule has 2 aliphatic rings. The molecule has 1 aliphatic heterocycles. The fraction of sp³-hybridized carbons (Fsp3) is 0.405. The molecule has 0 spiro atoms. The number of ether oxygens (including phenoxy) is 1. The number of aromatic nitrogens is 3. The standard InChI is InChI=1S/C37H44FN7O3/c1-25-21-34(42-44(25)3)36(47)41-31-13-11-30(12-14-31)40-35(46)33-23-29(38)24-39-37(33)48-32-6-4-5-28(22-32)27-9-7-26(8-10-27)15-16-45-19-17-43(2)18-20-45/h4-10,21-24,30-31H,11-20H2,1-3H3,(H,40,46)(H,41,47)/t30-,31+. The van der Waals surface area contributed by atoms with E-state index in [1.54, 1.807) is 23.9 Å². The van der Waals surface area contributed by atoms with Gasteiger partial charge in [0.2, 0.25) is 5.88 Å². The Balaban J connectivity index is 1.04. The van der Waals surface area contributed by atoms with E-state index in [1.165, 1.54) is 5.56 Å². The average Bonchev–Trinajstić information content (AvgIpc) is 3.44. The Bertz CT molecular complexity index is 1710. The quantitative estimate of drug-likeness (QED) is 0.249. The van der Waals surface area contributed by atoms with Crippen LogP contribution in [0.15, 0.2) is 66.9 Å². The highest BCUT2D eigenvalue weighted by molar-refractivity contribution is 5.96. The molecule has 0 radical (unpaired) electrons. The van der Waals surface area contributed by atoms with Gasteiger partial charge < -0.3 is 25.2 Å². The molecule has 0 bridgehead atoms. The second-order valence-corrected chi connectivity index (χ2v) is 13.0. The minimum absolute atomic E-state index is 0.00625. The second kappa shape index (κ2) is 15.1. The maximum atomic E-state index is 14.3. The van der Waals surface area contributed by atoms with Crippen LogP contribution in [0.4, 0.5) is 4.39 Å². The Morgan fingerprint density at radius 3 is 2.23 bits per heavy atom. The van der Waals surface area contributed by atoms with Crippen molar-refractivity contribution < 1.29 is 18.7 Å². The van der Waals surface area contributed by atoms with E-state index < -0.39 is 11.7 Å². The molecule has 3 heterocycles. The zero-order chi connectivity index (χ0) is 33.6. The second-order valence-electron chi connectivity index (χ2n) is 13.0. The summed E-state index contributed by atoms with van der Waals surface area (Å²) in [7, 11) is 3.98. The fourth-order valence-corrected chi connectivity index (χ4v) is 6.32. The highest BCUT2D eigenvalue weighted by Gasteiger charge is 2.26. The lowest BCUT2D eigenvalue weighted by Crippen LogP contribution is -2.45. The Labute approximate surface area is 281 Å². The highest BCUT2D eigenvalue weighted by Crippen LogP contribution is 2.29. The van der Waals surface area contributed by atoms with Gasteiger partial charge in [-0.1, -0.05) is 36.4 Å². The number of nitrogens with one attached hydrogen (secondary N) is 2. The van der Waals surface area contributed by atoms with Gasteiger partial charge in [-0.05, 0) is 87.0 Å². The molecule has 2 aromatic heterocycles. The van der Waals surface area contributed by atoms with Crippen LogP contribution in [-0.2, 0) is 13.5 Å². The van der Waals surface area contributed by atoms with Crippen molar-refractivity contribution >= 4 is 11.8 Å². The summed E-state index contributed by atoms with van der Waals surface area (Å²) in [4.78, 5) is 35.0. The lowest BCUT2D eigenvalue weighted by molar-refractivity contribution is 0.0887. The Morgan fingerprint density at radius 1 is 0.875 bits per heavy atom. The number of likely N-dealkylation sites (N-methyl/N-ethyl adjacent to an activating group) is 1. The molecule has 10 nitrogen and oxygen atoms in total. The minimum atomic E-state index is -0.620. The van der Waals surface area contributed by atoms with E-state index in [-0.39, 0.29) is 29.4 Å². The summed E-state index contributed by atoms with van der Waals surface area (Å²) >= 11 is 0. The van der Waals surface area contributed by atoms with Gasteiger partial charge in [0.1, 0.15) is 22.8 Å². The lowest BCUT2D eigenvalue weighted by atomic mass is 9.91. The van der Waals surface area contributed by atoms with Crippen molar-refractivity contribution in [3.05, 3.63) is 95.2 Å². The van der Waals surface area contributed by atoms with Crippen molar-refractivity contribution in [3.63, 3.8) is 0 Å². The van der Waals surface area contributed by atoms with Crippen molar-refractivity contribution in [2.75, 3.05) is 39.8 Å². The maximum absolute atomic E-state index is 14.3. The number of pyridine rings is 1. The molecule has 2 amide bonds. The van der Waals surface area contributed by atoms with Crippen LogP contribution >= 0.6 is 0 Å². The summed E-state index contributed by atoms with van der Waals surface area (Å²) in [6, 6.07) is 19.0. The first-order valence-electron chi connectivity index (χ1n) is 16.8. The van der Waals surface area contributed by atoms with E-state index in [9.17, 15) is 14.0 Å². The monoisotopic (exact) mass is 653 g/mol. The van der Waals surface area contributed by atoms with Gasteiger partial charge in [-0.15, -0.1) is 0 Å². The average molecular weight is 654 g/mol. The summed E-state index contributed by atoms with van der Waals surface area (Å²) in [6.07, 6.45) is 4.82. The molecule has 2 aromatic carbocycles. The van der Waals surface area contributed by atoms with E-state index in [4.69, 9.17) is 4.74 Å². The third kappa shape index (κ3) is 8.45. The third-order valence-electron chi connectivity index (χ3n) is 9.45. The van der Waals surface area contributed by atoms with E-state index in [2.05, 4.69) is 61.8 Å². The van der Waals surface area contributed by atoms with Crippen LogP contribution in [0.25, 0.3) is 11.1 Å².